The third-order valence-corrected chi connectivity index (χ3v) is 8.20. The van der Waals surface area contributed by atoms with E-state index in [9.17, 15) is 27.6 Å². The monoisotopic (exact) mass is 638 g/mol. The average Bonchev–Trinajstić information content (AvgIpc) is 3.47. The molecule has 2 fully saturated rings. The second-order valence-corrected chi connectivity index (χ2v) is 11.5. The maximum atomic E-state index is 13.8. The zero-order valence-corrected chi connectivity index (χ0v) is 24.8. The summed E-state index contributed by atoms with van der Waals surface area (Å²) in [6.07, 6.45) is 2.27. The van der Waals surface area contributed by atoms with Gasteiger partial charge in [0.1, 0.15) is 36.2 Å². The van der Waals surface area contributed by atoms with Crippen molar-refractivity contribution in [2.75, 3.05) is 44.3 Å². The molecule has 2 aliphatic rings. The van der Waals surface area contributed by atoms with E-state index in [1.165, 1.54) is 6.20 Å². The summed E-state index contributed by atoms with van der Waals surface area (Å²) in [7, 11) is 0. The number of rotatable bonds is 7. The number of hydrogen-bond acceptors (Lipinski definition) is 9. The summed E-state index contributed by atoms with van der Waals surface area (Å²) in [5, 5.41) is 19.9. The van der Waals surface area contributed by atoms with Crippen molar-refractivity contribution in [3.8, 4) is 23.1 Å². The number of hydrogen-bond donors (Lipinski definition) is 2. The maximum Gasteiger partial charge on any atom is 0.417 e. The quantitative estimate of drug-likeness (QED) is 0.289. The number of ether oxygens (including phenoxy) is 2. The molecule has 0 bridgehead atoms. The second kappa shape index (κ2) is 12.5. The third-order valence-electron chi connectivity index (χ3n) is 8.20. The van der Waals surface area contributed by atoms with Crippen LogP contribution in [0.25, 0.3) is 16.8 Å². The lowest BCUT2D eigenvalue weighted by Gasteiger charge is -2.40. The second-order valence-electron chi connectivity index (χ2n) is 11.5. The Hall–Kier alpha value is -4.81. The SMILES string of the molecule is CC1(NC(=O)c2cc(F)ccc2C(F)(F)F)CCN(c2cnc(-c3cc(OCC4CNCCO4)cn4ncc(C#N)c34)cn2)CC1. The van der Waals surface area contributed by atoms with Gasteiger partial charge in [-0.1, -0.05) is 0 Å². The highest BCUT2D eigenvalue weighted by Crippen LogP contribution is 2.34. The van der Waals surface area contributed by atoms with Crippen LogP contribution in [0.3, 0.4) is 0 Å². The fourth-order valence-corrected chi connectivity index (χ4v) is 5.64. The molecular formula is C31H30F4N8O3. The van der Waals surface area contributed by atoms with Gasteiger partial charge in [-0.05, 0) is 44.0 Å². The number of morpholine rings is 1. The number of aromatic nitrogens is 4. The van der Waals surface area contributed by atoms with Gasteiger partial charge in [0.05, 0.1) is 59.3 Å². The number of fused-ring (bicyclic) bond motifs is 1. The lowest BCUT2D eigenvalue weighted by atomic mass is 9.89. The number of pyridine rings is 1. The first kappa shape index (κ1) is 31.2. The minimum absolute atomic E-state index is 0.0994. The van der Waals surface area contributed by atoms with Crippen LogP contribution in [0.2, 0.25) is 0 Å². The highest BCUT2D eigenvalue weighted by Gasteiger charge is 2.38. The molecule has 5 heterocycles. The number of piperidine rings is 1. The van der Waals surface area contributed by atoms with Crippen molar-refractivity contribution in [1.82, 2.24) is 30.2 Å². The minimum Gasteiger partial charge on any atom is -0.489 e. The van der Waals surface area contributed by atoms with Crippen molar-refractivity contribution in [3.05, 3.63) is 71.6 Å². The molecule has 4 aromatic rings. The summed E-state index contributed by atoms with van der Waals surface area (Å²) < 4.78 is 67.4. The van der Waals surface area contributed by atoms with Gasteiger partial charge in [-0.2, -0.15) is 23.5 Å². The van der Waals surface area contributed by atoms with E-state index in [4.69, 9.17) is 9.47 Å². The summed E-state index contributed by atoms with van der Waals surface area (Å²) >= 11 is 0. The van der Waals surface area contributed by atoms with Crippen molar-refractivity contribution < 1.29 is 31.8 Å². The number of benzene rings is 1. The summed E-state index contributed by atoms with van der Waals surface area (Å²) in [5.41, 5.74) is -0.733. The largest absolute Gasteiger partial charge is 0.489 e. The van der Waals surface area contributed by atoms with Gasteiger partial charge < -0.3 is 25.0 Å². The van der Waals surface area contributed by atoms with Crippen LogP contribution < -0.4 is 20.3 Å². The standard InChI is InChI=1S/C31H30F4N8O3/c1-30(41-29(44)23-10-20(32)2-3-25(23)31(33,34)35)4-7-42(8-5-30)27-16-38-26(15-39-27)24-11-21(46-18-22-14-37-6-9-45-22)17-43-28(24)19(12-36)13-40-43/h2-3,10-11,13,15-17,22,37H,4-9,14,18H2,1H3,(H,41,44). The molecule has 46 heavy (non-hydrogen) atoms. The number of carbonyl (C=O) groups excluding carboxylic acids is 1. The predicted molar refractivity (Wildman–Crippen MR) is 158 cm³/mol. The molecule has 240 valence electrons. The van der Waals surface area contributed by atoms with E-state index in [-0.39, 0.29) is 6.10 Å². The zero-order valence-electron chi connectivity index (χ0n) is 24.8. The topological polar surface area (TPSA) is 130 Å². The van der Waals surface area contributed by atoms with Crippen LogP contribution in [-0.4, -0.2) is 76.5 Å². The Kier molecular flexibility index (Phi) is 8.49. The van der Waals surface area contributed by atoms with Gasteiger partial charge in [-0.25, -0.2) is 13.9 Å². The Labute approximate surface area is 261 Å². The number of nitriles is 1. The minimum atomic E-state index is -4.80. The van der Waals surface area contributed by atoms with E-state index in [2.05, 4.69) is 31.8 Å². The molecule has 2 aliphatic heterocycles. The maximum absolute atomic E-state index is 13.8. The molecule has 2 saturated heterocycles. The summed E-state index contributed by atoms with van der Waals surface area (Å²) in [5.74, 6) is -0.818. The molecule has 1 aromatic carbocycles. The molecule has 15 heteroatoms. The number of alkyl halides is 3. The lowest BCUT2D eigenvalue weighted by molar-refractivity contribution is -0.138. The van der Waals surface area contributed by atoms with E-state index < -0.39 is 34.6 Å². The van der Waals surface area contributed by atoms with E-state index >= 15 is 0 Å². The van der Waals surface area contributed by atoms with Gasteiger partial charge in [0, 0.05) is 37.3 Å². The van der Waals surface area contributed by atoms with Gasteiger partial charge in [-0.3, -0.25) is 9.78 Å². The van der Waals surface area contributed by atoms with Gasteiger partial charge in [-0.15, -0.1) is 0 Å². The zero-order chi connectivity index (χ0) is 32.5. The summed E-state index contributed by atoms with van der Waals surface area (Å²) in [6.45, 7) is 5.03. The third kappa shape index (κ3) is 6.58. The molecule has 1 amide bonds. The van der Waals surface area contributed by atoms with Crippen LogP contribution in [0.4, 0.5) is 23.4 Å². The number of amides is 1. The fraction of sp³-hybridized carbons (Fsp3) is 0.387. The molecule has 3 aromatic heterocycles. The van der Waals surface area contributed by atoms with Crippen LogP contribution in [-0.2, 0) is 10.9 Å². The van der Waals surface area contributed by atoms with Crippen molar-refractivity contribution in [2.45, 2.75) is 37.6 Å². The van der Waals surface area contributed by atoms with E-state index in [0.717, 1.165) is 6.54 Å². The number of halogens is 4. The Balaban J connectivity index is 1.15. The average molecular weight is 639 g/mol. The van der Waals surface area contributed by atoms with Gasteiger partial charge >= 0.3 is 6.18 Å². The molecule has 0 radical (unpaired) electrons. The highest BCUT2D eigenvalue weighted by atomic mass is 19.4. The Morgan fingerprint density at radius 3 is 2.70 bits per heavy atom. The Bertz CT molecular complexity index is 1770. The molecule has 0 aliphatic carbocycles. The van der Waals surface area contributed by atoms with E-state index in [1.807, 2.05) is 4.90 Å². The van der Waals surface area contributed by atoms with Gasteiger partial charge in [0.15, 0.2) is 0 Å². The summed E-state index contributed by atoms with van der Waals surface area (Å²) in [6, 6.07) is 5.81. The van der Waals surface area contributed by atoms with Crippen LogP contribution >= 0.6 is 0 Å². The van der Waals surface area contributed by atoms with Crippen molar-refractivity contribution in [2.24, 2.45) is 0 Å². The molecule has 6 rings (SSSR count). The van der Waals surface area contributed by atoms with Crippen LogP contribution in [0.15, 0.2) is 49.1 Å². The molecule has 0 spiro atoms. The number of carbonyl (C=O) groups is 1. The molecule has 1 atom stereocenters. The van der Waals surface area contributed by atoms with E-state index in [1.54, 1.807) is 36.1 Å². The van der Waals surface area contributed by atoms with Gasteiger partial charge in [0.25, 0.3) is 5.91 Å². The number of nitrogens with one attached hydrogen (secondary N) is 2. The lowest BCUT2D eigenvalue weighted by Crippen LogP contribution is -2.53. The number of nitrogens with zero attached hydrogens (tertiary/aromatic N) is 6. The van der Waals surface area contributed by atoms with Gasteiger partial charge in [0.2, 0.25) is 0 Å². The highest BCUT2D eigenvalue weighted by molar-refractivity contribution is 5.96. The summed E-state index contributed by atoms with van der Waals surface area (Å²) in [4.78, 5) is 24.1. The number of anilines is 1. The van der Waals surface area contributed by atoms with Crippen molar-refractivity contribution in [1.29, 1.82) is 5.26 Å². The smallest absolute Gasteiger partial charge is 0.417 e. The fourth-order valence-electron chi connectivity index (χ4n) is 5.64. The molecular weight excluding hydrogens is 608 g/mol. The van der Waals surface area contributed by atoms with Crippen LogP contribution in [0.1, 0.15) is 41.3 Å². The first-order valence-electron chi connectivity index (χ1n) is 14.7. The molecule has 0 saturated carbocycles. The van der Waals surface area contributed by atoms with Crippen molar-refractivity contribution >= 4 is 17.2 Å². The van der Waals surface area contributed by atoms with E-state index in [0.29, 0.717) is 97.8 Å². The van der Waals surface area contributed by atoms with Crippen LogP contribution in [0, 0.1) is 17.1 Å². The molecule has 11 nitrogen and oxygen atoms in total. The van der Waals surface area contributed by atoms with Crippen LogP contribution in [0.5, 0.6) is 5.75 Å². The molecule has 1 unspecified atom stereocenters. The first-order valence-corrected chi connectivity index (χ1v) is 14.7. The Morgan fingerprint density at radius 1 is 1.22 bits per heavy atom. The molecule has 2 N–H and O–H groups in total. The Morgan fingerprint density at radius 2 is 2.02 bits per heavy atom. The first-order chi connectivity index (χ1) is 22.0. The van der Waals surface area contributed by atoms with Crippen molar-refractivity contribution in [3.63, 3.8) is 0 Å². The normalized spacial score (nSPS) is 18.3. The predicted octanol–water partition coefficient (Wildman–Crippen LogP) is 3.98.